The molecule has 2 atom stereocenters. The van der Waals surface area contributed by atoms with Gasteiger partial charge in [-0.15, -0.1) is 0 Å². The molecule has 1 saturated carbocycles. The average Bonchev–Trinajstić information content (AvgIpc) is 3.31. The van der Waals surface area contributed by atoms with E-state index in [9.17, 15) is 24.8 Å². The third-order valence-corrected chi connectivity index (χ3v) is 5.87. The minimum absolute atomic E-state index is 0.0390. The lowest BCUT2D eigenvalue weighted by Crippen LogP contribution is -2.33. The summed E-state index contributed by atoms with van der Waals surface area (Å²) < 4.78 is 5.04. The van der Waals surface area contributed by atoms with Crippen LogP contribution < -0.4 is 0 Å². The van der Waals surface area contributed by atoms with Crippen LogP contribution in [0.15, 0.2) is 30.0 Å². The molecule has 0 bridgehead atoms. The van der Waals surface area contributed by atoms with E-state index in [-0.39, 0.29) is 48.0 Å². The number of esters is 1. The highest BCUT2D eigenvalue weighted by Gasteiger charge is 2.47. The van der Waals surface area contributed by atoms with Crippen LogP contribution in [0.2, 0.25) is 0 Å². The first-order chi connectivity index (χ1) is 15.0. The first-order valence-electron chi connectivity index (χ1n) is 10.3. The molecule has 9 nitrogen and oxygen atoms in total. The molecule has 0 radical (unpaired) electrons. The number of carbonyl (C=O) groups excluding carboxylic acids is 3. The molecule has 1 aromatic carbocycles. The number of aliphatic hydroxyl groups excluding tert-OH is 1. The first-order valence-corrected chi connectivity index (χ1v) is 10.3. The van der Waals surface area contributed by atoms with E-state index in [2.05, 4.69) is 9.97 Å². The monoisotopic (exact) mass is 422 g/mol. The lowest BCUT2D eigenvalue weighted by atomic mass is 9.81. The van der Waals surface area contributed by atoms with Gasteiger partial charge in [0.2, 0.25) is 11.8 Å². The number of nitrogens with zero attached hydrogens (tertiary/aromatic N) is 3. The van der Waals surface area contributed by atoms with Crippen LogP contribution in [0.5, 0.6) is 0 Å². The van der Waals surface area contributed by atoms with Crippen LogP contribution in [0.1, 0.15) is 37.9 Å². The Morgan fingerprint density at radius 2 is 1.90 bits per heavy atom. The minimum atomic E-state index is -0.677. The van der Waals surface area contributed by atoms with Crippen molar-refractivity contribution in [2.45, 2.75) is 32.1 Å². The molecule has 1 aliphatic carbocycles. The van der Waals surface area contributed by atoms with Crippen LogP contribution >= 0.6 is 0 Å². The van der Waals surface area contributed by atoms with Crippen LogP contribution in [0, 0.1) is 23.2 Å². The van der Waals surface area contributed by atoms with Crippen molar-refractivity contribution < 1.29 is 24.2 Å². The minimum Gasteiger partial charge on any atom is -0.507 e. The maximum atomic E-state index is 12.4. The number of H-pyrrole nitrogens is 1. The van der Waals surface area contributed by atoms with Gasteiger partial charge < -0.3 is 14.8 Å². The normalized spacial score (nSPS) is 21.6. The number of para-hydroxylation sites is 2. The van der Waals surface area contributed by atoms with E-state index in [0.717, 1.165) is 17.7 Å². The van der Waals surface area contributed by atoms with E-state index >= 15 is 0 Å². The maximum absolute atomic E-state index is 12.4. The number of imide groups is 1. The lowest BCUT2D eigenvalue weighted by Gasteiger charge is -2.19. The molecule has 2 fully saturated rings. The molecule has 1 aromatic heterocycles. The number of hydrogen-bond donors (Lipinski definition) is 2. The van der Waals surface area contributed by atoms with Gasteiger partial charge in [-0.2, -0.15) is 5.26 Å². The van der Waals surface area contributed by atoms with Gasteiger partial charge in [-0.05, 0) is 25.0 Å². The van der Waals surface area contributed by atoms with E-state index in [1.165, 1.54) is 0 Å². The number of imidazole rings is 1. The number of nitrogens with one attached hydrogen (secondary N) is 1. The number of carbonyl (C=O) groups is 3. The maximum Gasteiger partial charge on any atom is 0.308 e. The predicted molar refractivity (Wildman–Crippen MR) is 109 cm³/mol. The van der Waals surface area contributed by atoms with E-state index in [1.807, 2.05) is 12.1 Å². The molecule has 1 aliphatic heterocycles. The van der Waals surface area contributed by atoms with Gasteiger partial charge in [0.1, 0.15) is 18.2 Å². The average molecular weight is 422 g/mol. The first kappa shape index (κ1) is 20.6. The van der Waals surface area contributed by atoms with Crippen molar-refractivity contribution in [3.63, 3.8) is 0 Å². The largest absolute Gasteiger partial charge is 0.507 e. The summed E-state index contributed by atoms with van der Waals surface area (Å²) in [6, 6.07) is 9.03. The van der Waals surface area contributed by atoms with Gasteiger partial charge in [-0.1, -0.05) is 25.0 Å². The van der Waals surface area contributed by atoms with E-state index < -0.39 is 18.3 Å². The zero-order chi connectivity index (χ0) is 22.0. The fourth-order valence-corrected chi connectivity index (χ4v) is 4.27. The summed E-state index contributed by atoms with van der Waals surface area (Å²) in [5, 5.41) is 19.6. The summed E-state index contributed by atoms with van der Waals surface area (Å²) in [5.74, 6) is -1.87. The number of benzene rings is 1. The highest BCUT2D eigenvalue weighted by molar-refractivity contribution is 6.05. The number of allylic oxidation sites excluding steroid dienone is 1. The van der Waals surface area contributed by atoms with Gasteiger partial charge in [-0.3, -0.25) is 19.3 Å². The van der Waals surface area contributed by atoms with E-state index in [0.29, 0.717) is 23.9 Å². The quantitative estimate of drug-likeness (QED) is 0.316. The standard InChI is InChI=1S/C22H22N4O5/c23-11-15(20-24-16-7-3-4-8-17(16)25-20)18(27)12-31-19(28)9-10-26-21(29)13-5-1-2-6-14(13)22(26)30/h3-4,7-8,13-14,27H,1-2,5-6,9-10,12H2,(H,24,25)/t13-,14-/m1/s1. The van der Waals surface area contributed by atoms with Crippen LogP contribution in [0.4, 0.5) is 0 Å². The molecular formula is C22H22N4O5. The van der Waals surface area contributed by atoms with E-state index in [1.54, 1.807) is 18.2 Å². The summed E-state index contributed by atoms with van der Waals surface area (Å²) in [6.45, 7) is -0.547. The molecule has 0 unspecified atom stereocenters. The summed E-state index contributed by atoms with van der Waals surface area (Å²) in [7, 11) is 0. The van der Waals surface area contributed by atoms with Crippen molar-refractivity contribution in [3.8, 4) is 6.07 Å². The number of hydrogen-bond acceptors (Lipinski definition) is 7. The van der Waals surface area contributed by atoms with Crippen molar-refractivity contribution in [2.75, 3.05) is 13.2 Å². The Hall–Kier alpha value is -3.67. The highest BCUT2D eigenvalue weighted by Crippen LogP contribution is 2.38. The third kappa shape index (κ3) is 4.01. The van der Waals surface area contributed by atoms with Crippen molar-refractivity contribution >= 4 is 34.4 Å². The zero-order valence-electron chi connectivity index (χ0n) is 16.8. The van der Waals surface area contributed by atoms with Gasteiger partial charge >= 0.3 is 5.97 Å². The number of aliphatic hydroxyl groups is 1. The van der Waals surface area contributed by atoms with Crippen LogP contribution in [0.25, 0.3) is 16.6 Å². The van der Waals surface area contributed by atoms with Crippen molar-refractivity contribution in [1.82, 2.24) is 14.9 Å². The molecule has 9 heteroatoms. The predicted octanol–water partition coefficient (Wildman–Crippen LogP) is 2.46. The second kappa shape index (κ2) is 8.60. The fourth-order valence-electron chi connectivity index (χ4n) is 4.27. The zero-order valence-corrected chi connectivity index (χ0v) is 16.8. The van der Waals surface area contributed by atoms with Crippen LogP contribution in [-0.2, 0) is 19.1 Å². The topological polar surface area (TPSA) is 136 Å². The number of aromatic amines is 1. The second-order valence-corrected chi connectivity index (χ2v) is 7.77. The molecule has 4 rings (SSSR count). The number of ether oxygens (including phenoxy) is 1. The van der Waals surface area contributed by atoms with Gasteiger partial charge in [0.25, 0.3) is 0 Å². The van der Waals surface area contributed by atoms with Gasteiger partial charge in [0.05, 0.1) is 29.3 Å². The summed E-state index contributed by atoms with van der Waals surface area (Å²) in [4.78, 5) is 45.4. The molecule has 2 aromatic rings. The molecule has 2 amide bonds. The Bertz CT molecular complexity index is 1060. The van der Waals surface area contributed by atoms with Crippen LogP contribution in [0.3, 0.4) is 0 Å². The molecule has 2 aliphatic rings. The number of aromatic nitrogens is 2. The second-order valence-electron chi connectivity index (χ2n) is 7.77. The smallest absolute Gasteiger partial charge is 0.308 e. The number of amides is 2. The lowest BCUT2D eigenvalue weighted by molar-refractivity contribution is -0.145. The Morgan fingerprint density at radius 1 is 1.23 bits per heavy atom. The SMILES string of the molecule is N#CC(=C(O)COC(=O)CCN1C(=O)[C@@H]2CCCC[C@H]2C1=O)c1nc2ccccc2[nH]1. The highest BCUT2D eigenvalue weighted by atomic mass is 16.5. The van der Waals surface area contributed by atoms with Crippen molar-refractivity contribution in [2.24, 2.45) is 11.8 Å². The summed E-state index contributed by atoms with van der Waals surface area (Å²) in [6.07, 6.45) is 3.14. The Kier molecular flexibility index (Phi) is 5.71. The van der Waals surface area contributed by atoms with Gasteiger partial charge in [0.15, 0.2) is 11.6 Å². The van der Waals surface area contributed by atoms with Gasteiger partial charge in [-0.25, -0.2) is 4.98 Å². The van der Waals surface area contributed by atoms with Crippen molar-refractivity contribution in [1.29, 1.82) is 5.26 Å². The number of fused-ring (bicyclic) bond motifs is 2. The van der Waals surface area contributed by atoms with Crippen LogP contribution in [-0.4, -0.2) is 50.9 Å². The number of nitriles is 1. The molecule has 160 valence electrons. The summed E-state index contributed by atoms with van der Waals surface area (Å²) >= 11 is 0. The molecule has 2 heterocycles. The number of rotatable bonds is 6. The third-order valence-electron chi connectivity index (χ3n) is 5.87. The Morgan fingerprint density at radius 3 is 2.55 bits per heavy atom. The van der Waals surface area contributed by atoms with Crippen molar-refractivity contribution in [3.05, 3.63) is 35.8 Å². The van der Waals surface area contributed by atoms with E-state index in [4.69, 9.17) is 4.74 Å². The molecular weight excluding hydrogens is 400 g/mol. The fraction of sp³-hybridized carbons (Fsp3) is 0.409. The Balaban J connectivity index is 1.35. The molecule has 31 heavy (non-hydrogen) atoms. The Labute approximate surface area is 178 Å². The molecule has 2 N–H and O–H groups in total. The number of likely N-dealkylation sites (tertiary alicyclic amines) is 1. The van der Waals surface area contributed by atoms with Gasteiger partial charge in [0, 0.05) is 6.54 Å². The molecule has 1 saturated heterocycles. The molecule has 0 spiro atoms. The summed E-state index contributed by atoms with van der Waals surface area (Å²) in [5.41, 5.74) is 1.21.